The second-order valence-electron chi connectivity index (χ2n) is 12.0. The molecular formula is C27H36O8. The minimum atomic E-state index is -1.03. The van der Waals surface area contributed by atoms with Crippen LogP contribution in [0.1, 0.15) is 72.6 Å². The predicted molar refractivity (Wildman–Crippen MR) is 123 cm³/mol. The molecule has 0 bridgehead atoms. The normalized spacial score (nSPS) is 46.6. The molecule has 0 aromatic rings. The monoisotopic (exact) mass is 488 g/mol. The van der Waals surface area contributed by atoms with Crippen molar-refractivity contribution in [2.45, 2.75) is 90.4 Å². The van der Waals surface area contributed by atoms with Crippen molar-refractivity contribution >= 4 is 23.7 Å². The molecule has 1 aliphatic heterocycles. The number of Topliss-reactive ketones (excluding diaryl/α,β-unsaturated/α-hetero) is 1. The predicted octanol–water partition coefficient (Wildman–Crippen LogP) is 2.90. The van der Waals surface area contributed by atoms with Crippen molar-refractivity contribution in [3.63, 3.8) is 0 Å². The molecule has 1 heterocycles. The van der Waals surface area contributed by atoms with Gasteiger partial charge in [0.15, 0.2) is 0 Å². The van der Waals surface area contributed by atoms with Crippen LogP contribution < -0.4 is 0 Å². The molecule has 8 heteroatoms. The van der Waals surface area contributed by atoms with Gasteiger partial charge in [-0.05, 0) is 67.3 Å². The topological polar surface area (TPSA) is 116 Å². The highest BCUT2D eigenvalue weighted by Crippen LogP contribution is 2.69. The molecule has 0 aromatic carbocycles. The van der Waals surface area contributed by atoms with Crippen LogP contribution >= 0.6 is 0 Å². The van der Waals surface area contributed by atoms with Crippen LogP contribution in [0.25, 0.3) is 0 Å². The molecule has 5 rings (SSSR count). The molecule has 4 aliphatic carbocycles. The molecule has 1 N–H and O–H groups in total. The van der Waals surface area contributed by atoms with Crippen LogP contribution in [0.3, 0.4) is 0 Å². The van der Waals surface area contributed by atoms with E-state index in [1.54, 1.807) is 0 Å². The van der Waals surface area contributed by atoms with Crippen molar-refractivity contribution < 1.29 is 38.5 Å². The Kier molecular flexibility index (Phi) is 5.70. The van der Waals surface area contributed by atoms with E-state index in [2.05, 4.69) is 6.92 Å². The number of aliphatic hydroxyl groups is 1. The minimum absolute atomic E-state index is 0.0668. The van der Waals surface area contributed by atoms with Crippen LogP contribution in [0.4, 0.5) is 0 Å². The van der Waals surface area contributed by atoms with Crippen LogP contribution in [0.15, 0.2) is 11.6 Å². The van der Waals surface area contributed by atoms with Crippen molar-refractivity contribution in [3.05, 3.63) is 11.6 Å². The van der Waals surface area contributed by atoms with E-state index < -0.39 is 40.6 Å². The number of fused-ring (bicyclic) bond motifs is 5. The summed E-state index contributed by atoms with van der Waals surface area (Å²) in [6, 6.07) is 0. The van der Waals surface area contributed by atoms with Crippen LogP contribution in [0.5, 0.6) is 0 Å². The molecule has 0 radical (unpaired) electrons. The third-order valence-electron chi connectivity index (χ3n) is 10.3. The summed E-state index contributed by atoms with van der Waals surface area (Å²) in [7, 11) is 0. The third kappa shape index (κ3) is 3.58. The summed E-state index contributed by atoms with van der Waals surface area (Å²) in [6.07, 6.45) is 4.43. The molecule has 0 amide bonds. The van der Waals surface area contributed by atoms with E-state index in [1.165, 1.54) is 19.9 Å². The molecule has 4 fully saturated rings. The van der Waals surface area contributed by atoms with Crippen LogP contribution in [-0.4, -0.2) is 53.2 Å². The zero-order valence-electron chi connectivity index (χ0n) is 21.0. The van der Waals surface area contributed by atoms with Crippen LogP contribution in [0.2, 0.25) is 0 Å². The lowest BCUT2D eigenvalue weighted by molar-refractivity contribution is -0.220. The third-order valence-corrected chi connectivity index (χ3v) is 10.3. The summed E-state index contributed by atoms with van der Waals surface area (Å²) in [5.74, 6) is -1.58. The van der Waals surface area contributed by atoms with E-state index in [4.69, 9.17) is 14.2 Å². The summed E-state index contributed by atoms with van der Waals surface area (Å²) in [4.78, 5) is 49.3. The first-order valence-electron chi connectivity index (χ1n) is 12.9. The molecule has 8 nitrogen and oxygen atoms in total. The maximum Gasteiger partial charge on any atom is 0.331 e. The largest absolute Gasteiger partial charge is 0.459 e. The first-order chi connectivity index (χ1) is 16.4. The number of cyclic esters (lactones) is 1. The number of esters is 3. The van der Waals surface area contributed by atoms with Gasteiger partial charge in [-0.15, -0.1) is 0 Å². The van der Waals surface area contributed by atoms with Crippen molar-refractivity contribution in [3.8, 4) is 0 Å². The average Bonchev–Trinajstić information content (AvgIpc) is 3.28. The molecular weight excluding hydrogens is 452 g/mol. The van der Waals surface area contributed by atoms with E-state index in [0.29, 0.717) is 19.3 Å². The maximum absolute atomic E-state index is 14.0. The molecule has 192 valence electrons. The van der Waals surface area contributed by atoms with Gasteiger partial charge in [0.2, 0.25) is 0 Å². The number of carbonyl (C=O) groups is 4. The molecule has 0 spiro atoms. The summed E-state index contributed by atoms with van der Waals surface area (Å²) >= 11 is 0. The van der Waals surface area contributed by atoms with Gasteiger partial charge in [0, 0.05) is 37.7 Å². The van der Waals surface area contributed by atoms with Gasteiger partial charge in [0.25, 0.3) is 0 Å². The van der Waals surface area contributed by atoms with E-state index in [-0.39, 0.29) is 48.5 Å². The van der Waals surface area contributed by atoms with Crippen LogP contribution in [0, 0.1) is 34.5 Å². The van der Waals surface area contributed by atoms with Gasteiger partial charge in [-0.25, -0.2) is 4.79 Å². The van der Waals surface area contributed by atoms with Crippen molar-refractivity contribution in [2.24, 2.45) is 34.5 Å². The highest BCUT2D eigenvalue weighted by atomic mass is 16.6. The molecule has 35 heavy (non-hydrogen) atoms. The van der Waals surface area contributed by atoms with Gasteiger partial charge in [0.1, 0.15) is 24.6 Å². The van der Waals surface area contributed by atoms with Crippen molar-refractivity contribution in [1.29, 1.82) is 0 Å². The number of hydrogen-bond acceptors (Lipinski definition) is 8. The number of carbonyl (C=O) groups excluding carboxylic acids is 4. The lowest BCUT2D eigenvalue weighted by atomic mass is 9.42. The van der Waals surface area contributed by atoms with Crippen molar-refractivity contribution in [2.75, 3.05) is 6.61 Å². The van der Waals surface area contributed by atoms with E-state index in [0.717, 1.165) is 24.8 Å². The lowest BCUT2D eigenvalue weighted by Gasteiger charge is -2.63. The van der Waals surface area contributed by atoms with E-state index >= 15 is 0 Å². The summed E-state index contributed by atoms with van der Waals surface area (Å²) in [5.41, 5.74) is -1.27. The Balaban J connectivity index is 1.48. The molecule has 4 saturated carbocycles. The number of ether oxygens (including phenoxy) is 3. The highest BCUT2D eigenvalue weighted by Gasteiger charge is 2.71. The van der Waals surface area contributed by atoms with Gasteiger partial charge in [-0.3, -0.25) is 14.4 Å². The smallest absolute Gasteiger partial charge is 0.331 e. The first kappa shape index (κ1) is 24.5. The fraction of sp³-hybridized carbons (Fsp3) is 0.778. The van der Waals surface area contributed by atoms with Gasteiger partial charge in [-0.1, -0.05) is 13.8 Å². The van der Waals surface area contributed by atoms with Crippen molar-refractivity contribution in [1.82, 2.24) is 0 Å². The Bertz CT molecular complexity index is 1000. The van der Waals surface area contributed by atoms with Gasteiger partial charge >= 0.3 is 17.9 Å². The second kappa shape index (κ2) is 8.15. The summed E-state index contributed by atoms with van der Waals surface area (Å²) < 4.78 is 16.3. The standard InChI is InChI=1S/C27H36O8/c1-14(28)34-21-10-17-5-6-19-24(25(17,3)12-22(21)35-15(2)29)20(30)11-26(4)18(7-8-27(19,26)32)16-9-23(31)33-13-16/h9,17-19,21-22,24,32H,5-8,10-13H2,1-4H3/t17-,18-,19-,21-,22-,24-,25+,26-,27+/m1/s1. The second-order valence-corrected chi connectivity index (χ2v) is 12.0. The zero-order chi connectivity index (χ0) is 25.3. The zero-order valence-corrected chi connectivity index (χ0v) is 21.0. The number of rotatable bonds is 3. The Morgan fingerprint density at radius 2 is 1.74 bits per heavy atom. The molecule has 0 unspecified atom stereocenters. The quantitative estimate of drug-likeness (QED) is 0.476. The summed E-state index contributed by atoms with van der Waals surface area (Å²) in [6.45, 7) is 7.03. The van der Waals surface area contributed by atoms with E-state index in [9.17, 15) is 24.3 Å². The Morgan fingerprint density at radius 1 is 1.06 bits per heavy atom. The molecule has 0 saturated heterocycles. The average molecular weight is 489 g/mol. The minimum Gasteiger partial charge on any atom is -0.459 e. The lowest BCUT2D eigenvalue weighted by Crippen LogP contribution is -2.66. The Hall–Kier alpha value is -2.22. The molecule has 9 atom stereocenters. The Morgan fingerprint density at radius 3 is 2.37 bits per heavy atom. The molecule has 5 aliphatic rings. The highest BCUT2D eigenvalue weighted by molar-refractivity contribution is 5.87. The number of ketones is 1. The maximum atomic E-state index is 14.0. The first-order valence-corrected chi connectivity index (χ1v) is 12.9. The molecule has 0 aromatic heterocycles. The fourth-order valence-electron chi connectivity index (χ4n) is 8.86. The van der Waals surface area contributed by atoms with E-state index in [1.807, 2.05) is 6.92 Å². The summed E-state index contributed by atoms with van der Waals surface area (Å²) in [5, 5.41) is 12.3. The van der Waals surface area contributed by atoms with Gasteiger partial charge in [-0.2, -0.15) is 0 Å². The Labute approximate surface area is 205 Å². The van der Waals surface area contributed by atoms with Gasteiger partial charge < -0.3 is 19.3 Å². The SMILES string of the molecule is CC(=O)O[C@@H]1C[C@H]2CC[C@@H]3[C@H](C(=O)C[C@]4(C)[C@@H](C5=CC(=O)OC5)CC[C@]34O)[C@@]2(C)C[C@H]1OC(C)=O. The van der Waals surface area contributed by atoms with Crippen LogP contribution in [-0.2, 0) is 33.4 Å². The van der Waals surface area contributed by atoms with Gasteiger partial charge in [0.05, 0.1) is 5.60 Å². The number of hydrogen-bond donors (Lipinski definition) is 1. The fourth-order valence-corrected chi connectivity index (χ4v) is 8.86.